The Labute approximate surface area is 108 Å². The summed E-state index contributed by atoms with van der Waals surface area (Å²) < 4.78 is 5.26. The van der Waals surface area contributed by atoms with E-state index >= 15 is 0 Å². The molecule has 0 aromatic heterocycles. The van der Waals surface area contributed by atoms with Gasteiger partial charge >= 0.3 is 0 Å². The molecule has 0 unspecified atom stereocenters. The van der Waals surface area contributed by atoms with Crippen LogP contribution in [-0.2, 0) is 4.74 Å². The van der Waals surface area contributed by atoms with Gasteiger partial charge in [-0.25, -0.2) is 0 Å². The van der Waals surface area contributed by atoms with Crippen LogP contribution in [0.4, 0.5) is 0 Å². The van der Waals surface area contributed by atoms with Crippen LogP contribution in [0, 0.1) is 5.92 Å². The fraction of sp³-hybridized carbons (Fsp3) is 1.00. The number of nitrogens with one attached hydrogen (secondary N) is 1. The van der Waals surface area contributed by atoms with Gasteiger partial charge in [0.05, 0.1) is 13.2 Å². The summed E-state index contributed by atoms with van der Waals surface area (Å²) >= 11 is 0. The molecule has 3 heteroatoms. The van der Waals surface area contributed by atoms with Crippen molar-refractivity contribution in [3.8, 4) is 0 Å². The molecule has 1 aliphatic rings. The average molecular weight is 244 g/mol. The highest BCUT2D eigenvalue weighted by molar-refractivity contribution is 4.60. The normalized spacial score (nSPS) is 16.8. The molecule has 3 nitrogen and oxygen atoms in total. The smallest absolute Gasteiger partial charge is 0.0594 e. The Hall–Kier alpha value is -0.120. The summed E-state index contributed by atoms with van der Waals surface area (Å²) in [6.07, 6.45) is 4.05. The molecular weight excluding hydrogens is 212 g/mol. The molecule has 17 heavy (non-hydrogen) atoms. The number of hydrogen-bond acceptors (Lipinski definition) is 3. The average Bonchev–Trinajstić information content (AvgIpc) is 2.31. The van der Waals surface area contributed by atoms with Gasteiger partial charge in [-0.1, -0.05) is 33.6 Å². The van der Waals surface area contributed by atoms with Crippen molar-refractivity contribution < 1.29 is 4.74 Å². The van der Waals surface area contributed by atoms with Crippen LogP contribution in [0.2, 0.25) is 0 Å². The zero-order chi connectivity index (χ0) is 12.9. The quantitative estimate of drug-likeness (QED) is 0.726. The van der Waals surface area contributed by atoms with E-state index in [1.807, 2.05) is 7.05 Å². The van der Waals surface area contributed by atoms with Gasteiger partial charge in [-0.15, -0.1) is 0 Å². The first kappa shape index (κ1) is 16.9. The minimum atomic E-state index is 0.787. The van der Waals surface area contributed by atoms with Crippen LogP contribution in [0.3, 0.4) is 0 Å². The van der Waals surface area contributed by atoms with E-state index in [9.17, 15) is 0 Å². The number of rotatable bonds is 6. The van der Waals surface area contributed by atoms with Crippen LogP contribution in [0.15, 0.2) is 0 Å². The first-order valence-corrected chi connectivity index (χ1v) is 7.15. The van der Waals surface area contributed by atoms with E-state index in [-0.39, 0.29) is 0 Å². The second-order valence-corrected chi connectivity index (χ2v) is 5.11. The van der Waals surface area contributed by atoms with Crippen molar-refractivity contribution in [3.05, 3.63) is 0 Å². The van der Waals surface area contributed by atoms with Crippen LogP contribution in [0.5, 0.6) is 0 Å². The molecule has 0 bridgehead atoms. The molecule has 1 rings (SSSR count). The zero-order valence-electron chi connectivity index (χ0n) is 12.3. The van der Waals surface area contributed by atoms with Gasteiger partial charge in [-0.3, -0.25) is 4.90 Å². The lowest BCUT2D eigenvalue weighted by molar-refractivity contribution is 0.0372. The molecule has 0 aromatic carbocycles. The van der Waals surface area contributed by atoms with Crippen molar-refractivity contribution >= 4 is 0 Å². The highest BCUT2D eigenvalue weighted by Crippen LogP contribution is 2.01. The van der Waals surface area contributed by atoms with Gasteiger partial charge in [0, 0.05) is 13.1 Å². The Morgan fingerprint density at radius 3 is 2.24 bits per heavy atom. The highest BCUT2D eigenvalue weighted by atomic mass is 16.5. The van der Waals surface area contributed by atoms with Crippen LogP contribution >= 0.6 is 0 Å². The number of nitrogens with zero attached hydrogens (tertiary/aromatic N) is 1. The number of hydrogen-bond donors (Lipinski definition) is 1. The van der Waals surface area contributed by atoms with Crippen molar-refractivity contribution in [2.75, 3.05) is 46.4 Å². The molecule has 104 valence electrons. The predicted molar refractivity (Wildman–Crippen MR) is 75.5 cm³/mol. The van der Waals surface area contributed by atoms with Crippen molar-refractivity contribution in [3.63, 3.8) is 0 Å². The number of morpholine rings is 1. The van der Waals surface area contributed by atoms with E-state index in [1.54, 1.807) is 0 Å². The van der Waals surface area contributed by atoms with Gasteiger partial charge in [0.2, 0.25) is 0 Å². The fourth-order valence-electron chi connectivity index (χ4n) is 1.82. The summed E-state index contributed by atoms with van der Waals surface area (Å²) in [6, 6.07) is 0. The molecule has 0 radical (unpaired) electrons. The molecule has 0 atom stereocenters. The van der Waals surface area contributed by atoms with Gasteiger partial charge in [0.15, 0.2) is 0 Å². The SMILES string of the molecule is CCCCCN1CCOCC1.CNCC(C)C. The molecule has 0 amide bonds. The Morgan fingerprint density at radius 2 is 1.82 bits per heavy atom. The lowest BCUT2D eigenvalue weighted by Crippen LogP contribution is -2.36. The van der Waals surface area contributed by atoms with E-state index in [1.165, 1.54) is 25.8 Å². The molecular formula is C14H32N2O. The molecule has 1 aliphatic heterocycles. The third kappa shape index (κ3) is 12.1. The largest absolute Gasteiger partial charge is 0.379 e. The predicted octanol–water partition coefficient (Wildman–Crippen LogP) is 2.37. The first-order chi connectivity index (χ1) is 8.20. The maximum atomic E-state index is 5.26. The van der Waals surface area contributed by atoms with Crippen molar-refractivity contribution in [1.82, 2.24) is 10.2 Å². The number of unbranched alkanes of at least 4 members (excludes halogenated alkanes) is 2. The summed E-state index contributed by atoms with van der Waals surface area (Å²) in [6.45, 7) is 13.2. The Morgan fingerprint density at radius 1 is 1.18 bits per heavy atom. The van der Waals surface area contributed by atoms with Gasteiger partial charge < -0.3 is 10.1 Å². The topological polar surface area (TPSA) is 24.5 Å². The Balaban J connectivity index is 0.000000366. The molecule has 0 spiro atoms. The van der Waals surface area contributed by atoms with E-state index in [2.05, 4.69) is 31.0 Å². The zero-order valence-corrected chi connectivity index (χ0v) is 12.3. The third-order valence-corrected chi connectivity index (χ3v) is 2.79. The van der Waals surface area contributed by atoms with E-state index < -0.39 is 0 Å². The molecule has 1 heterocycles. The van der Waals surface area contributed by atoms with Crippen molar-refractivity contribution in [2.45, 2.75) is 40.0 Å². The molecule has 1 saturated heterocycles. The van der Waals surface area contributed by atoms with Crippen LogP contribution in [0.25, 0.3) is 0 Å². The second kappa shape index (κ2) is 12.3. The van der Waals surface area contributed by atoms with E-state index in [0.717, 1.165) is 38.8 Å². The number of ether oxygens (including phenoxy) is 1. The van der Waals surface area contributed by atoms with Crippen LogP contribution < -0.4 is 5.32 Å². The summed E-state index contributed by atoms with van der Waals surface area (Å²) in [5, 5.41) is 3.07. The summed E-state index contributed by atoms with van der Waals surface area (Å²) in [5.41, 5.74) is 0. The van der Waals surface area contributed by atoms with Crippen molar-refractivity contribution in [2.24, 2.45) is 5.92 Å². The Bertz CT molecular complexity index is 145. The molecule has 0 saturated carbocycles. The molecule has 0 aliphatic carbocycles. The lowest BCUT2D eigenvalue weighted by atomic mass is 10.2. The molecule has 1 N–H and O–H groups in total. The first-order valence-electron chi connectivity index (χ1n) is 7.15. The fourth-order valence-corrected chi connectivity index (χ4v) is 1.82. The highest BCUT2D eigenvalue weighted by Gasteiger charge is 2.08. The molecule has 1 fully saturated rings. The van der Waals surface area contributed by atoms with Gasteiger partial charge in [-0.05, 0) is 32.5 Å². The van der Waals surface area contributed by atoms with E-state index in [4.69, 9.17) is 4.74 Å². The van der Waals surface area contributed by atoms with E-state index in [0.29, 0.717) is 0 Å². The van der Waals surface area contributed by atoms with Gasteiger partial charge in [0.25, 0.3) is 0 Å². The minimum absolute atomic E-state index is 0.787. The summed E-state index contributed by atoms with van der Waals surface area (Å²) in [5.74, 6) is 0.787. The monoisotopic (exact) mass is 244 g/mol. The standard InChI is InChI=1S/C9H19NO.C5H13N/c1-2-3-4-5-10-6-8-11-9-7-10;1-5(2)4-6-3/h2-9H2,1H3;5-6H,4H2,1-3H3. The molecule has 0 aromatic rings. The lowest BCUT2D eigenvalue weighted by Gasteiger charge is -2.26. The van der Waals surface area contributed by atoms with Crippen molar-refractivity contribution in [1.29, 1.82) is 0 Å². The Kier molecular flexibility index (Phi) is 12.3. The summed E-state index contributed by atoms with van der Waals surface area (Å²) in [7, 11) is 1.97. The summed E-state index contributed by atoms with van der Waals surface area (Å²) in [4.78, 5) is 2.50. The second-order valence-electron chi connectivity index (χ2n) is 5.11. The van der Waals surface area contributed by atoms with Gasteiger partial charge in [-0.2, -0.15) is 0 Å². The maximum absolute atomic E-state index is 5.26. The maximum Gasteiger partial charge on any atom is 0.0594 e. The third-order valence-electron chi connectivity index (χ3n) is 2.79. The van der Waals surface area contributed by atoms with Crippen LogP contribution in [-0.4, -0.2) is 51.3 Å². The van der Waals surface area contributed by atoms with Gasteiger partial charge in [0.1, 0.15) is 0 Å². The van der Waals surface area contributed by atoms with Crippen LogP contribution in [0.1, 0.15) is 40.0 Å². The minimum Gasteiger partial charge on any atom is -0.379 e.